The van der Waals surface area contributed by atoms with Gasteiger partial charge in [0.15, 0.2) is 11.6 Å². The number of nitrogens with one attached hydrogen (secondary N) is 1. The van der Waals surface area contributed by atoms with Crippen LogP contribution in [0.15, 0.2) is 18.2 Å². The van der Waals surface area contributed by atoms with Gasteiger partial charge in [0.25, 0.3) is 5.91 Å². The van der Waals surface area contributed by atoms with Crippen LogP contribution in [-0.2, 0) is 9.53 Å². The molecule has 0 saturated carbocycles. The summed E-state index contributed by atoms with van der Waals surface area (Å²) < 4.78 is 23.8. The second-order valence-corrected chi connectivity index (χ2v) is 7.76. The van der Waals surface area contributed by atoms with E-state index in [9.17, 15) is 19.1 Å². The lowest BCUT2D eigenvalue weighted by molar-refractivity contribution is -0.126. The predicted molar refractivity (Wildman–Crippen MR) is 108 cm³/mol. The van der Waals surface area contributed by atoms with Gasteiger partial charge in [-0.3, -0.25) is 14.5 Å². The average molecular weight is 423 g/mol. The Balaban J connectivity index is 1.58. The van der Waals surface area contributed by atoms with Gasteiger partial charge in [0, 0.05) is 44.9 Å². The van der Waals surface area contributed by atoms with Crippen molar-refractivity contribution in [1.29, 1.82) is 0 Å². The molecule has 166 valence electrons. The fourth-order valence-corrected chi connectivity index (χ4v) is 4.28. The minimum absolute atomic E-state index is 0.101. The van der Waals surface area contributed by atoms with Crippen LogP contribution >= 0.6 is 0 Å². The van der Waals surface area contributed by atoms with Crippen LogP contribution in [0, 0.1) is 5.82 Å². The van der Waals surface area contributed by atoms with E-state index in [0.29, 0.717) is 57.6 Å². The van der Waals surface area contributed by atoms with Gasteiger partial charge in [0.2, 0.25) is 5.91 Å². The van der Waals surface area contributed by atoms with E-state index in [1.807, 2.05) is 0 Å². The highest BCUT2D eigenvalue weighted by Crippen LogP contribution is 2.27. The van der Waals surface area contributed by atoms with Gasteiger partial charge in [-0.2, -0.15) is 0 Å². The quantitative estimate of drug-likeness (QED) is 0.626. The molecule has 2 heterocycles. The first-order valence-corrected chi connectivity index (χ1v) is 10.3. The molecule has 0 bridgehead atoms. The van der Waals surface area contributed by atoms with Crippen LogP contribution in [-0.4, -0.2) is 91.9 Å². The first-order valence-electron chi connectivity index (χ1n) is 10.3. The average Bonchev–Trinajstić information content (AvgIpc) is 3.15. The third-order valence-electron chi connectivity index (χ3n) is 5.84. The Kier molecular flexibility index (Phi) is 7.63. The number of carbonyl (C=O) groups is 2. The standard InChI is InChI=1S/C21H30FN3O5/c1-29-10-7-23-20(27)18-12-16(26)13-25(18)15-5-8-24(9-6-15)21(28)14-3-4-19(30-2)17(22)11-14/h3-4,11,15-16,18,26H,5-10,12-13H2,1-2H3,(H,23,27)/t16-,18+/m1/s1. The summed E-state index contributed by atoms with van der Waals surface area (Å²) in [5.41, 5.74) is 0.291. The molecular weight excluding hydrogens is 393 g/mol. The summed E-state index contributed by atoms with van der Waals surface area (Å²) in [6.07, 6.45) is 1.26. The molecule has 0 radical (unpaired) electrons. The molecule has 0 aliphatic carbocycles. The first kappa shape index (κ1) is 22.5. The molecule has 1 aromatic carbocycles. The van der Waals surface area contributed by atoms with Crippen molar-refractivity contribution in [3.05, 3.63) is 29.6 Å². The zero-order chi connectivity index (χ0) is 21.7. The third kappa shape index (κ3) is 5.08. The van der Waals surface area contributed by atoms with Crippen molar-refractivity contribution < 1.29 is 28.6 Å². The van der Waals surface area contributed by atoms with Gasteiger partial charge in [-0.15, -0.1) is 0 Å². The molecule has 9 heteroatoms. The number of amides is 2. The molecule has 1 aromatic rings. The van der Waals surface area contributed by atoms with Gasteiger partial charge >= 0.3 is 0 Å². The Bertz CT molecular complexity index is 754. The Labute approximate surface area is 175 Å². The number of nitrogens with zero attached hydrogens (tertiary/aromatic N) is 2. The number of aliphatic hydroxyl groups excluding tert-OH is 1. The van der Waals surface area contributed by atoms with Crippen LogP contribution in [0.2, 0.25) is 0 Å². The number of hydrogen-bond acceptors (Lipinski definition) is 6. The van der Waals surface area contributed by atoms with Gasteiger partial charge in [-0.05, 0) is 37.5 Å². The Morgan fingerprint density at radius 1 is 1.27 bits per heavy atom. The molecule has 0 unspecified atom stereocenters. The molecule has 2 aliphatic heterocycles. The van der Waals surface area contributed by atoms with Crippen LogP contribution < -0.4 is 10.1 Å². The molecular formula is C21H30FN3O5. The van der Waals surface area contributed by atoms with E-state index in [1.54, 1.807) is 18.1 Å². The number of rotatable bonds is 7. The van der Waals surface area contributed by atoms with Gasteiger partial charge in [0.1, 0.15) is 0 Å². The van der Waals surface area contributed by atoms with Crippen LogP contribution in [0.1, 0.15) is 29.6 Å². The Morgan fingerprint density at radius 3 is 2.63 bits per heavy atom. The fourth-order valence-electron chi connectivity index (χ4n) is 4.28. The SMILES string of the molecule is COCCNC(=O)[C@@H]1C[C@@H](O)CN1C1CCN(C(=O)c2ccc(OC)c(F)c2)CC1. The van der Waals surface area contributed by atoms with Gasteiger partial charge < -0.3 is 24.8 Å². The predicted octanol–water partition coefficient (Wildman–Crippen LogP) is 0.637. The summed E-state index contributed by atoms with van der Waals surface area (Å²) >= 11 is 0. The number of methoxy groups -OCH3 is 2. The Morgan fingerprint density at radius 2 is 2.00 bits per heavy atom. The van der Waals surface area contributed by atoms with E-state index in [2.05, 4.69) is 10.2 Å². The van der Waals surface area contributed by atoms with E-state index < -0.39 is 11.9 Å². The molecule has 2 N–H and O–H groups in total. The molecule has 2 amide bonds. The molecule has 2 saturated heterocycles. The maximum Gasteiger partial charge on any atom is 0.253 e. The van der Waals surface area contributed by atoms with E-state index >= 15 is 0 Å². The highest BCUT2D eigenvalue weighted by atomic mass is 19.1. The fraction of sp³-hybridized carbons (Fsp3) is 0.619. The number of aliphatic hydroxyl groups is 1. The monoisotopic (exact) mass is 423 g/mol. The van der Waals surface area contributed by atoms with Gasteiger partial charge in [-0.1, -0.05) is 0 Å². The van der Waals surface area contributed by atoms with Crippen LogP contribution in [0.3, 0.4) is 0 Å². The van der Waals surface area contributed by atoms with Gasteiger partial charge in [0.05, 0.1) is 25.9 Å². The second-order valence-electron chi connectivity index (χ2n) is 7.76. The largest absolute Gasteiger partial charge is 0.494 e. The minimum Gasteiger partial charge on any atom is -0.494 e. The number of piperidine rings is 1. The van der Waals surface area contributed by atoms with Crippen molar-refractivity contribution in [2.24, 2.45) is 0 Å². The number of β-amino-alcohol motifs (C(OH)–C–C–N with tert-alkyl or cyclic N) is 1. The molecule has 30 heavy (non-hydrogen) atoms. The number of ether oxygens (including phenoxy) is 2. The normalized spacial score (nSPS) is 22.9. The Hall–Kier alpha value is -2.23. The maximum atomic E-state index is 13.9. The van der Waals surface area contributed by atoms with Crippen molar-refractivity contribution in [3.63, 3.8) is 0 Å². The molecule has 0 spiro atoms. The number of carbonyl (C=O) groups excluding carboxylic acids is 2. The zero-order valence-electron chi connectivity index (χ0n) is 17.5. The van der Waals surface area contributed by atoms with E-state index in [4.69, 9.17) is 9.47 Å². The van der Waals surface area contributed by atoms with Crippen LogP contribution in [0.5, 0.6) is 5.75 Å². The molecule has 2 fully saturated rings. The van der Waals surface area contributed by atoms with Crippen molar-refractivity contribution >= 4 is 11.8 Å². The third-order valence-corrected chi connectivity index (χ3v) is 5.84. The summed E-state index contributed by atoms with van der Waals surface area (Å²) in [5, 5.41) is 13.0. The van der Waals surface area contributed by atoms with Crippen LogP contribution in [0.4, 0.5) is 4.39 Å². The number of halogens is 1. The van der Waals surface area contributed by atoms with E-state index in [-0.39, 0.29) is 29.6 Å². The van der Waals surface area contributed by atoms with Gasteiger partial charge in [-0.25, -0.2) is 4.39 Å². The highest BCUT2D eigenvalue weighted by molar-refractivity contribution is 5.94. The molecule has 2 aliphatic rings. The van der Waals surface area contributed by atoms with E-state index in [0.717, 1.165) is 0 Å². The summed E-state index contributed by atoms with van der Waals surface area (Å²) in [5.74, 6) is -0.777. The molecule has 0 aromatic heterocycles. The number of hydrogen-bond donors (Lipinski definition) is 2. The highest BCUT2D eigenvalue weighted by Gasteiger charge is 2.40. The van der Waals surface area contributed by atoms with E-state index in [1.165, 1.54) is 19.2 Å². The smallest absolute Gasteiger partial charge is 0.253 e. The lowest BCUT2D eigenvalue weighted by atomic mass is 10.0. The lowest BCUT2D eigenvalue weighted by Gasteiger charge is -2.38. The minimum atomic E-state index is -0.563. The molecule has 3 rings (SSSR count). The first-order chi connectivity index (χ1) is 14.4. The molecule has 2 atom stereocenters. The second kappa shape index (κ2) is 10.2. The van der Waals surface area contributed by atoms with Crippen molar-refractivity contribution in [2.75, 3.05) is 47.0 Å². The van der Waals surface area contributed by atoms with Crippen LogP contribution in [0.25, 0.3) is 0 Å². The summed E-state index contributed by atoms with van der Waals surface area (Å²) in [6.45, 7) is 2.35. The zero-order valence-corrected chi connectivity index (χ0v) is 17.5. The maximum absolute atomic E-state index is 13.9. The summed E-state index contributed by atoms with van der Waals surface area (Å²) in [6, 6.07) is 3.95. The van der Waals surface area contributed by atoms with Crippen molar-refractivity contribution in [1.82, 2.24) is 15.1 Å². The lowest BCUT2D eigenvalue weighted by Crippen LogP contribution is -2.52. The molecule has 8 nitrogen and oxygen atoms in total. The topological polar surface area (TPSA) is 91.3 Å². The van der Waals surface area contributed by atoms with Crippen molar-refractivity contribution in [2.45, 2.75) is 37.5 Å². The van der Waals surface area contributed by atoms with Crippen molar-refractivity contribution in [3.8, 4) is 5.75 Å². The number of benzene rings is 1. The summed E-state index contributed by atoms with van der Waals surface area (Å²) in [4.78, 5) is 29.0. The summed E-state index contributed by atoms with van der Waals surface area (Å²) in [7, 11) is 2.96. The number of likely N-dealkylation sites (tertiary alicyclic amines) is 2.